The third-order valence-corrected chi connectivity index (χ3v) is 6.80. The van der Waals surface area contributed by atoms with Gasteiger partial charge in [0.25, 0.3) is 0 Å². The molecule has 2 atom stereocenters. The molecule has 1 aromatic carbocycles. The first-order valence-electron chi connectivity index (χ1n) is 9.26. The average molecular weight is 404 g/mol. The normalized spacial score (nSPS) is 19.3. The van der Waals surface area contributed by atoms with Gasteiger partial charge in [-0.3, -0.25) is 4.31 Å². The second kappa shape index (κ2) is 10.5. The Morgan fingerprint density at radius 3 is 2.58 bits per heavy atom. The predicted molar refractivity (Wildman–Crippen MR) is 107 cm³/mol. The summed E-state index contributed by atoms with van der Waals surface area (Å²) >= 11 is 5.98. The molecule has 6 nitrogen and oxygen atoms in total. The summed E-state index contributed by atoms with van der Waals surface area (Å²) in [6, 6.07) is 6.63. The van der Waals surface area contributed by atoms with Crippen LogP contribution >= 0.6 is 11.6 Å². The molecule has 26 heavy (non-hydrogen) atoms. The van der Waals surface area contributed by atoms with Crippen LogP contribution in [0.4, 0.5) is 5.69 Å². The van der Waals surface area contributed by atoms with Crippen LogP contribution in [0.3, 0.4) is 0 Å². The number of nitrogens with one attached hydrogen (secondary N) is 1. The predicted octanol–water partition coefficient (Wildman–Crippen LogP) is 2.37. The number of benzene rings is 1. The number of anilines is 1. The standard InChI is InChI=1S/C18H30ClN3O3S/c1-15(18-14-21-11-12-25-18)22(17-8-6-16(19)7-9-17)26(23,24)13-5-3-2-4-10-20/h6-9,15,18,21H,2-5,10-14,20H2,1H3. The van der Waals surface area contributed by atoms with Gasteiger partial charge in [-0.25, -0.2) is 8.42 Å². The third kappa shape index (κ3) is 6.09. The minimum absolute atomic E-state index is 0.116. The smallest absolute Gasteiger partial charge is 0.235 e. The zero-order chi connectivity index (χ0) is 19.0. The summed E-state index contributed by atoms with van der Waals surface area (Å²) in [6.45, 7) is 4.56. The van der Waals surface area contributed by atoms with Gasteiger partial charge in [-0.1, -0.05) is 24.4 Å². The van der Waals surface area contributed by atoms with Gasteiger partial charge in [0.1, 0.15) is 0 Å². The van der Waals surface area contributed by atoms with Gasteiger partial charge in [-0.2, -0.15) is 0 Å². The van der Waals surface area contributed by atoms with Crippen LogP contribution in [-0.4, -0.2) is 52.6 Å². The highest BCUT2D eigenvalue weighted by molar-refractivity contribution is 7.92. The SMILES string of the molecule is CC(C1CNCCO1)N(c1ccc(Cl)cc1)S(=O)(=O)CCCCCCN. The minimum atomic E-state index is -3.47. The lowest BCUT2D eigenvalue weighted by molar-refractivity contribution is 0.0173. The Balaban J connectivity index is 2.17. The Morgan fingerprint density at radius 1 is 1.27 bits per heavy atom. The first kappa shape index (κ1) is 21.4. The number of ether oxygens (including phenoxy) is 1. The van der Waals surface area contributed by atoms with Crippen molar-refractivity contribution in [2.75, 3.05) is 36.3 Å². The van der Waals surface area contributed by atoms with E-state index >= 15 is 0 Å². The van der Waals surface area contributed by atoms with Crippen molar-refractivity contribution in [2.45, 2.75) is 44.8 Å². The summed E-state index contributed by atoms with van der Waals surface area (Å²) in [5.74, 6) is 0.116. The zero-order valence-corrected chi connectivity index (χ0v) is 16.9. The first-order valence-corrected chi connectivity index (χ1v) is 11.2. The molecule has 0 spiro atoms. The molecule has 3 N–H and O–H groups in total. The Hall–Kier alpha value is -0.860. The van der Waals surface area contributed by atoms with Crippen molar-refractivity contribution in [3.8, 4) is 0 Å². The average Bonchev–Trinajstić information content (AvgIpc) is 2.64. The highest BCUT2D eigenvalue weighted by Gasteiger charge is 2.33. The number of sulfonamides is 1. The molecule has 1 saturated heterocycles. The topological polar surface area (TPSA) is 84.7 Å². The van der Waals surface area contributed by atoms with E-state index in [1.54, 1.807) is 24.3 Å². The fraction of sp³-hybridized carbons (Fsp3) is 0.667. The van der Waals surface area contributed by atoms with Crippen molar-refractivity contribution >= 4 is 27.3 Å². The summed E-state index contributed by atoms with van der Waals surface area (Å²) in [6.07, 6.45) is 3.19. The van der Waals surface area contributed by atoms with Crippen LogP contribution in [0.1, 0.15) is 32.6 Å². The third-order valence-electron chi connectivity index (χ3n) is 4.60. The Kier molecular flexibility index (Phi) is 8.63. The van der Waals surface area contributed by atoms with Crippen LogP contribution in [0.25, 0.3) is 0 Å². The van der Waals surface area contributed by atoms with Gasteiger partial charge in [-0.15, -0.1) is 0 Å². The quantitative estimate of drug-likeness (QED) is 0.586. The summed E-state index contributed by atoms with van der Waals surface area (Å²) in [4.78, 5) is 0. The molecule has 0 amide bonds. The van der Waals surface area contributed by atoms with Crippen molar-refractivity contribution in [1.29, 1.82) is 0 Å². The van der Waals surface area contributed by atoms with Crippen molar-refractivity contribution in [3.05, 3.63) is 29.3 Å². The highest BCUT2D eigenvalue weighted by Crippen LogP contribution is 2.26. The van der Waals surface area contributed by atoms with Crippen molar-refractivity contribution < 1.29 is 13.2 Å². The molecule has 1 fully saturated rings. The number of morpholine rings is 1. The zero-order valence-electron chi connectivity index (χ0n) is 15.4. The molecule has 0 radical (unpaired) electrons. The lowest BCUT2D eigenvalue weighted by Gasteiger charge is -2.37. The van der Waals surface area contributed by atoms with Crippen molar-refractivity contribution in [2.24, 2.45) is 5.73 Å². The molecular formula is C18H30ClN3O3S. The van der Waals surface area contributed by atoms with Crippen LogP contribution in [0.2, 0.25) is 5.02 Å². The molecule has 0 aromatic heterocycles. The van der Waals surface area contributed by atoms with Crippen LogP contribution in [0.15, 0.2) is 24.3 Å². The highest BCUT2D eigenvalue weighted by atomic mass is 35.5. The van der Waals surface area contributed by atoms with Gasteiger partial charge in [0.05, 0.1) is 30.2 Å². The number of halogens is 1. The molecule has 1 heterocycles. The number of unbranched alkanes of at least 4 members (excludes halogenated alkanes) is 3. The van der Waals surface area contributed by atoms with Crippen molar-refractivity contribution in [1.82, 2.24) is 5.32 Å². The molecule has 0 saturated carbocycles. The van der Waals surface area contributed by atoms with E-state index < -0.39 is 10.0 Å². The number of nitrogens with two attached hydrogens (primary N) is 1. The lowest BCUT2D eigenvalue weighted by atomic mass is 10.1. The summed E-state index contributed by atoms with van der Waals surface area (Å²) in [5, 5.41) is 3.85. The van der Waals surface area contributed by atoms with E-state index in [4.69, 9.17) is 22.1 Å². The molecule has 1 aliphatic heterocycles. The van der Waals surface area contributed by atoms with Crippen LogP contribution in [-0.2, 0) is 14.8 Å². The first-order chi connectivity index (χ1) is 12.5. The Morgan fingerprint density at radius 2 is 1.96 bits per heavy atom. The van der Waals surface area contributed by atoms with Gasteiger partial charge in [0.15, 0.2) is 0 Å². The molecule has 0 bridgehead atoms. The maximum atomic E-state index is 13.1. The Bertz CT molecular complexity index is 634. The van der Waals surface area contributed by atoms with Crippen LogP contribution in [0, 0.1) is 0 Å². The molecule has 0 aliphatic carbocycles. The second-order valence-electron chi connectivity index (χ2n) is 6.65. The monoisotopic (exact) mass is 403 g/mol. The maximum absolute atomic E-state index is 13.1. The van der Waals surface area contributed by atoms with E-state index in [0.717, 1.165) is 25.8 Å². The van der Waals surface area contributed by atoms with E-state index in [-0.39, 0.29) is 17.9 Å². The minimum Gasteiger partial charge on any atom is -0.373 e. The number of hydrogen-bond acceptors (Lipinski definition) is 5. The van der Waals surface area contributed by atoms with E-state index in [0.29, 0.717) is 36.8 Å². The number of nitrogens with zero attached hydrogens (tertiary/aromatic N) is 1. The second-order valence-corrected chi connectivity index (χ2v) is 9.05. The lowest BCUT2D eigenvalue weighted by Crippen LogP contribution is -2.53. The van der Waals surface area contributed by atoms with Gasteiger partial charge in [0.2, 0.25) is 10.0 Å². The van der Waals surface area contributed by atoms with Gasteiger partial charge in [-0.05, 0) is 50.6 Å². The molecule has 2 unspecified atom stereocenters. The van der Waals surface area contributed by atoms with Gasteiger partial charge in [0, 0.05) is 18.1 Å². The molecule has 148 valence electrons. The molecule has 1 aromatic rings. The van der Waals surface area contributed by atoms with Gasteiger partial charge >= 0.3 is 0 Å². The van der Waals surface area contributed by atoms with Crippen molar-refractivity contribution in [3.63, 3.8) is 0 Å². The number of hydrogen-bond donors (Lipinski definition) is 2. The fourth-order valence-corrected chi connectivity index (χ4v) is 5.14. The van der Waals surface area contributed by atoms with E-state index in [2.05, 4.69) is 5.32 Å². The largest absolute Gasteiger partial charge is 0.373 e. The summed E-state index contributed by atoms with van der Waals surface area (Å²) in [7, 11) is -3.47. The van der Waals surface area contributed by atoms with Gasteiger partial charge < -0.3 is 15.8 Å². The summed E-state index contributed by atoms with van der Waals surface area (Å²) in [5.41, 5.74) is 6.12. The van der Waals surface area contributed by atoms with E-state index in [1.165, 1.54) is 4.31 Å². The van der Waals surface area contributed by atoms with Crippen LogP contribution < -0.4 is 15.4 Å². The molecule has 8 heteroatoms. The van der Waals surface area contributed by atoms with E-state index in [9.17, 15) is 8.42 Å². The molecule has 1 aliphatic rings. The molecule has 2 rings (SSSR count). The van der Waals surface area contributed by atoms with Crippen LogP contribution in [0.5, 0.6) is 0 Å². The maximum Gasteiger partial charge on any atom is 0.235 e. The fourth-order valence-electron chi connectivity index (χ4n) is 3.16. The molecular weight excluding hydrogens is 374 g/mol. The summed E-state index contributed by atoms with van der Waals surface area (Å²) < 4.78 is 33.6. The number of rotatable bonds is 10. The van der Waals surface area contributed by atoms with E-state index in [1.807, 2.05) is 6.92 Å². The Labute approximate surface area is 162 Å².